The van der Waals surface area contributed by atoms with E-state index in [2.05, 4.69) is 25.2 Å². The van der Waals surface area contributed by atoms with Crippen molar-refractivity contribution in [2.75, 3.05) is 18.5 Å². The highest BCUT2D eigenvalue weighted by molar-refractivity contribution is 6.32. The molecule has 0 aliphatic heterocycles. The molecule has 4 heteroatoms. The first-order valence-electron chi connectivity index (χ1n) is 5.53. The molecule has 0 bridgehead atoms. The Bertz CT molecular complexity index is 424. The smallest absolute Gasteiger partial charge is 0.103 e. The normalized spacial score (nSPS) is 11.0. The first-order chi connectivity index (χ1) is 8.00. The molecule has 0 aromatic heterocycles. The zero-order valence-corrected chi connectivity index (χ0v) is 10.9. The number of aliphatic hydroxyl groups is 1. The molecule has 3 nitrogen and oxygen atoms in total. The molecule has 0 aliphatic rings. The molecule has 0 aliphatic carbocycles. The third-order valence-corrected chi connectivity index (χ3v) is 2.99. The summed E-state index contributed by atoms with van der Waals surface area (Å²) in [6, 6.07) is 7.43. The molecule has 0 atom stereocenters. The van der Waals surface area contributed by atoms with Crippen LogP contribution in [-0.2, 0) is 0 Å². The quantitative estimate of drug-likeness (QED) is 0.847. The van der Waals surface area contributed by atoms with Crippen LogP contribution in [0, 0.1) is 16.7 Å². The van der Waals surface area contributed by atoms with Crippen molar-refractivity contribution in [2.24, 2.45) is 5.41 Å². The highest BCUT2D eigenvalue weighted by Gasteiger charge is 2.17. The van der Waals surface area contributed by atoms with Gasteiger partial charge in [-0.3, -0.25) is 0 Å². The summed E-state index contributed by atoms with van der Waals surface area (Å²) in [5, 5.41) is 21.6. The van der Waals surface area contributed by atoms with Gasteiger partial charge in [0.15, 0.2) is 0 Å². The van der Waals surface area contributed by atoms with E-state index in [0.29, 0.717) is 23.6 Å². The summed E-state index contributed by atoms with van der Waals surface area (Å²) in [6.45, 7) is 4.97. The van der Waals surface area contributed by atoms with E-state index in [-0.39, 0.29) is 12.0 Å². The molecule has 0 unspecified atom stereocenters. The predicted octanol–water partition coefficient (Wildman–Crippen LogP) is 3.03. The number of aliphatic hydroxyl groups excluding tert-OH is 1. The highest BCUT2D eigenvalue weighted by atomic mass is 35.5. The summed E-state index contributed by atoms with van der Waals surface area (Å²) in [7, 11) is 0. The van der Waals surface area contributed by atoms with Gasteiger partial charge in [0.05, 0.1) is 16.3 Å². The lowest BCUT2D eigenvalue weighted by Gasteiger charge is -2.24. The molecule has 0 amide bonds. The summed E-state index contributed by atoms with van der Waals surface area (Å²) >= 11 is 5.94. The molecule has 1 rings (SSSR count). The minimum atomic E-state index is -0.0240. The summed E-state index contributed by atoms with van der Waals surface area (Å²) in [4.78, 5) is 0. The third kappa shape index (κ3) is 3.92. The number of hydrogen-bond acceptors (Lipinski definition) is 3. The Labute approximate surface area is 107 Å². The van der Waals surface area contributed by atoms with E-state index in [4.69, 9.17) is 22.0 Å². The number of halogens is 1. The fourth-order valence-corrected chi connectivity index (χ4v) is 1.73. The van der Waals surface area contributed by atoms with Crippen LogP contribution in [-0.4, -0.2) is 18.3 Å². The SMILES string of the molecule is CC(C)(CCO)CNc1cccc(Cl)c1C#N. The highest BCUT2D eigenvalue weighted by Crippen LogP contribution is 2.26. The standard InChI is InChI=1S/C13H17ClN2O/c1-13(2,6-7-17)9-16-12-5-3-4-11(14)10(12)8-15/h3-5,16-17H,6-7,9H2,1-2H3. The average Bonchev–Trinajstić information content (AvgIpc) is 2.26. The van der Waals surface area contributed by atoms with Crippen molar-refractivity contribution in [1.29, 1.82) is 5.26 Å². The van der Waals surface area contributed by atoms with E-state index in [1.54, 1.807) is 6.07 Å². The maximum Gasteiger partial charge on any atom is 0.103 e. The summed E-state index contributed by atoms with van der Waals surface area (Å²) in [5.41, 5.74) is 1.18. The molecule has 1 aromatic rings. The average molecular weight is 253 g/mol. The van der Waals surface area contributed by atoms with Gasteiger partial charge in [-0.25, -0.2) is 0 Å². The Morgan fingerprint density at radius 3 is 2.76 bits per heavy atom. The monoisotopic (exact) mass is 252 g/mol. The zero-order chi connectivity index (χ0) is 12.9. The minimum absolute atomic E-state index is 0.0240. The molecule has 0 spiro atoms. The Balaban J connectivity index is 2.77. The maximum absolute atomic E-state index is 9.02. The van der Waals surface area contributed by atoms with E-state index < -0.39 is 0 Å². The van der Waals surface area contributed by atoms with Gasteiger partial charge in [0.25, 0.3) is 0 Å². The van der Waals surface area contributed by atoms with Gasteiger partial charge in [0.1, 0.15) is 6.07 Å². The number of hydrogen-bond donors (Lipinski definition) is 2. The zero-order valence-electron chi connectivity index (χ0n) is 10.1. The van der Waals surface area contributed by atoms with Gasteiger partial charge in [-0.2, -0.15) is 5.26 Å². The van der Waals surface area contributed by atoms with Crippen molar-refractivity contribution in [1.82, 2.24) is 0 Å². The van der Waals surface area contributed by atoms with Crippen molar-refractivity contribution in [3.05, 3.63) is 28.8 Å². The van der Waals surface area contributed by atoms with Crippen LogP contribution in [0.5, 0.6) is 0 Å². The maximum atomic E-state index is 9.02. The fourth-order valence-electron chi connectivity index (χ4n) is 1.51. The molecular formula is C13H17ClN2O. The van der Waals surface area contributed by atoms with Crippen LogP contribution in [0.4, 0.5) is 5.69 Å². The van der Waals surface area contributed by atoms with Gasteiger partial charge >= 0.3 is 0 Å². The van der Waals surface area contributed by atoms with Crippen LogP contribution in [0.1, 0.15) is 25.8 Å². The van der Waals surface area contributed by atoms with E-state index in [1.807, 2.05) is 12.1 Å². The van der Waals surface area contributed by atoms with Crippen LogP contribution < -0.4 is 5.32 Å². The van der Waals surface area contributed by atoms with E-state index >= 15 is 0 Å². The van der Waals surface area contributed by atoms with Gasteiger partial charge in [-0.15, -0.1) is 0 Å². The Kier molecular flexibility index (Phi) is 4.80. The lowest BCUT2D eigenvalue weighted by molar-refractivity contribution is 0.220. The molecule has 0 saturated heterocycles. The number of benzene rings is 1. The molecule has 0 saturated carbocycles. The largest absolute Gasteiger partial charge is 0.396 e. The van der Waals surface area contributed by atoms with Crippen LogP contribution in [0.3, 0.4) is 0 Å². The van der Waals surface area contributed by atoms with Crippen LogP contribution in [0.15, 0.2) is 18.2 Å². The molecular weight excluding hydrogens is 236 g/mol. The first-order valence-corrected chi connectivity index (χ1v) is 5.91. The van der Waals surface area contributed by atoms with Crippen LogP contribution >= 0.6 is 11.6 Å². The molecule has 2 N–H and O–H groups in total. The van der Waals surface area contributed by atoms with E-state index in [9.17, 15) is 0 Å². The minimum Gasteiger partial charge on any atom is -0.396 e. The van der Waals surface area contributed by atoms with E-state index in [1.165, 1.54) is 0 Å². The van der Waals surface area contributed by atoms with Gasteiger partial charge in [0.2, 0.25) is 0 Å². The summed E-state index contributed by atoms with van der Waals surface area (Å²) in [5.74, 6) is 0. The summed E-state index contributed by atoms with van der Waals surface area (Å²) < 4.78 is 0. The third-order valence-electron chi connectivity index (χ3n) is 2.67. The lowest BCUT2D eigenvalue weighted by atomic mass is 9.89. The Morgan fingerprint density at radius 1 is 1.47 bits per heavy atom. The second-order valence-electron chi connectivity index (χ2n) is 4.77. The molecule has 0 heterocycles. The number of nitrogens with one attached hydrogen (secondary N) is 1. The molecule has 17 heavy (non-hydrogen) atoms. The lowest BCUT2D eigenvalue weighted by Crippen LogP contribution is -2.24. The van der Waals surface area contributed by atoms with Crippen LogP contribution in [0.2, 0.25) is 5.02 Å². The number of nitriles is 1. The van der Waals surface area contributed by atoms with Crippen molar-refractivity contribution in [2.45, 2.75) is 20.3 Å². The van der Waals surface area contributed by atoms with Crippen molar-refractivity contribution in [3.8, 4) is 6.07 Å². The molecule has 1 aromatic carbocycles. The van der Waals surface area contributed by atoms with Gasteiger partial charge in [-0.05, 0) is 24.0 Å². The Morgan fingerprint density at radius 2 is 2.18 bits per heavy atom. The van der Waals surface area contributed by atoms with Crippen molar-refractivity contribution >= 4 is 17.3 Å². The van der Waals surface area contributed by atoms with Gasteiger partial charge < -0.3 is 10.4 Å². The molecule has 92 valence electrons. The second kappa shape index (κ2) is 5.90. The molecule has 0 radical (unpaired) electrons. The van der Waals surface area contributed by atoms with Gasteiger partial charge in [0, 0.05) is 13.2 Å². The second-order valence-corrected chi connectivity index (χ2v) is 5.17. The fraction of sp³-hybridized carbons (Fsp3) is 0.462. The van der Waals surface area contributed by atoms with Gasteiger partial charge in [-0.1, -0.05) is 31.5 Å². The molecule has 0 fully saturated rings. The van der Waals surface area contributed by atoms with Crippen molar-refractivity contribution < 1.29 is 5.11 Å². The van der Waals surface area contributed by atoms with Crippen molar-refractivity contribution in [3.63, 3.8) is 0 Å². The number of anilines is 1. The van der Waals surface area contributed by atoms with Crippen LogP contribution in [0.25, 0.3) is 0 Å². The number of rotatable bonds is 5. The first kappa shape index (κ1) is 13.8. The predicted molar refractivity (Wildman–Crippen MR) is 70.1 cm³/mol. The van der Waals surface area contributed by atoms with E-state index in [0.717, 1.165) is 5.69 Å². The number of nitrogens with zero attached hydrogens (tertiary/aromatic N) is 1. The summed E-state index contributed by atoms with van der Waals surface area (Å²) in [6.07, 6.45) is 0.711. The topological polar surface area (TPSA) is 56.0 Å². The Hall–Kier alpha value is -1.24.